The first-order chi connectivity index (χ1) is 8.15. The van der Waals surface area contributed by atoms with E-state index in [2.05, 4.69) is 31.3 Å². The van der Waals surface area contributed by atoms with Gasteiger partial charge in [0.15, 0.2) is 0 Å². The molecule has 2 heteroatoms. The van der Waals surface area contributed by atoms with Crippen LogP contribution in [0.25, 0.3) is 0 Å². The molecule has 0 heterocycles. The van der Waals surface area contributed by atoms with Crippen LogP contribution in [0.2, 0.25) is 0 Å². The Hall–Kier alpha value is -1.18. The van der Waals surface area contributed by atoms with Gasteiger partial charge in [-0.15, -0.1) is 0 Å². The quantitative estimate of drug-likeness (QED) is 0.771. The molecule has 1 aromatic rings. The molecule has 0 radical (unpaired) electrons. The van der Waals surface area contributed by atoms with Gasteiger partial charge in [0.05, 0.1) is 11.4 Å². The molecule has 0 amide bonds. The largest absolute Gasteiger partial charge is 0.397 e. The minimum atomic E-state index is 0.511. The molecule has 0 aliphatic heterocycles. The fourth-order valence-corrected chi connectivity index (χ4v) is 2.91. The highest BCUT2D eigenvalue weighted by molar-refractivity contribution is 5.66. The second kappa shape index (κ2) is 4.99. The molecule has 94 valence electrons. The Kier molecular flexibility index (Phi) is 3.60. The van der Waals surface area contributed by atoms with E-state index in [1.165, 1.54) is 37.7 Å². The summed E-state index contributed by atoms with van der Waals surface area (Å²) in [6, 6.07) is 6.25. The molecule has 0 saturated heterocycles. The van der Waals surface area contributed by atoms with Gasteiger partial charge in [0.25, 0.3) is 0 Å². The first kappa shape index (κ1) is 12.3. The van der Waals surface area contributed by atoms with Crippen LogP contribution in [-0.4, -0.2) is 6.54 Å². The lowest BCUT2D eigenvalue weighted by molar-refractivity contribution is 0.307. The Labute approximate surface area is 105 Å². The highest BCUT2D eigenvalue weighted by Crippen LogP contribution is 2.41. The van der Waals surface area contributed by atoms with E-state index in [1.807, 2.05) is 6.07 Å². The predicted octanol–water partition coefficient (Wildman–Crippen LogP) is 3.96. The van der Waals surface area contributed by atoms with Crippen molar-refractivity contribution >= 4 is 11.4 Å². The summed E-state index contributed by atoms with van der Waals surface area (Å²) < 4.78 is 0. The molecule has 3 N–H and O–H groups in total. The van der Waals surface area contributed by atoms with Gasteiger partial charge in [-0.25, -0.2) is 0 Å². The van der Waals surface area contributed by atoms with Crippen molar-refractivity contribution in [3.63, 3.8) is 0 Å². The van der Waals surface area contributed by atoms with Crippen LogP contribution in [0.15, 0.2) is 18.2 Å². The van der Waals surface area contributed by atoms with Gasteiger partial charge in [0.2, 0.25) is 0 Å². The Morgan fingerprint density at radius 1 is 1.29 bits per heavy atom. The number of benzene rings is 1. The van der Waals surface area contributed by atoms with Crippen molar-refractivity contribution < 1.29 is 0 Å². The van der Waals surface area contributed by atoms with Crippen LogP contribution in [0.4, 0.5) is 11.4 Å². The second-order valence-corrected chi connectivity index (χ2v) is 5.50. The highest BCUT2D eigenvalue weighted by atomic mass is 14.9. The molecule has 1 aromatic carbocycles. The summed E-state index contributed by atoms with van der Waals surface area (Å²) in [6.45, 7) is 5.45. The molecule has 1 saturated carbocycles. The molecule has 0 atom stereocenters. The summed E-state index contributed by atoms with van der Waals surface area (Å²) >= 11 is 0. The van der Waals surface area contributed by atoms with Crippen molar-refractivity contribution in [1.29, 1.82) is 0 Å². The molecule has 1 fully saturated rings. The molecule has 1 aliphatic rings. The van der Waals surface area contributed by atoms with Crippen LogP contribution in [0, 0.1) is 12.3 Å². The van der Waals surface area contributed by atoms with E-state index in [0.29, 0.717) is 5.41 Å². The summed E-state index contributed by atoms with van der Waals surface area (Å²) in [7, 11) is 0. The molecule has 0 aromatic heterocycles. The van der Waals surface area contributed by atoms with Crippen molar-refractivity contribution in [2.75, 3.05) is 17.6 Å². The molecule has 2 rings (SSSR count). The molecule has 0 bridgehead atoms. The van der Waals surface area contributed by atoms with Gasteiger partial charge in [0, 0.05) is 6.54 Å². The maximum absolute atomic E-state index is 6.03. The van der Waals surface area contributed by atoms with Gasteiger partial charge in [-0.1, -0.05) is 25.8 Å². The topological polar surface area (TPSA) is 38.0 Å². The SMILES string of the molecule is CCC1(CNc2ccc(C)cc2N)CCCC1. The van der Waals surface area contributed by atoms with Crippen LogP contribution in [-0.2, 0) is 0 Å². The zero-order valence-electron chi connectivity index (χ0n) is 11.1. The second-order valence-electron chi connectivity index (χ2n) is 5.50. The zero-order chi connectivity index (χ0) is 12.3. The van der Waals surface area contributed by atoms with Crippen molar-refractivity contribution in [3.8, 4) is 0 Å². The summed E-state index contributed by atoms with van der Waals surface area (Å²) in [5, 5.41) is 3.55. The van der Waals surface area contributed by atoms with Crippen LogP contribution in [0.1, 0.15) is 44.6 Å². The fraction of sp³-hybridized carbons (Fsp3) is 0.600. The van der Waals surface area contributed by atoms with E-state index in [0.717, 1.165) is 17.9 Å². The average Bonchev–Trinajstić information content (AvgIpc) is 2.77. The van der Waals surface area contributed by atoms with Gasteiger partial charge >= 0.3 is 0 Å². The van der Waals surface area contributed by atoms with Gasteiger partial charge in [0.1, 0.15) is 0 Å². The Bertz CT molecular complexity index is 379. The van der Waals surface area contributed by atoms with Crippen LogP contribution in [0.5, 0.6) is 0 Å². The van der Waals surface area contributed by atoms with E-state index in [-0.39, 0.29) is 0 Å². The van der Waals surface area contributed by atoms with E-state index >= 15 is 0 Å². The van der Waals surface area contributed by atoms with E-state index < -0.39 is 0 Å². The third-order valence-electron chi connectivity index (χ3n) is 4.28. The number of aryl methyl sites for hydroxylation is 1. The molecule has 0 spiro atoms. The Morgan fingerprint density at radius 2 is 2.00 bits per heavy atom. The van der Waals surface area contributed by atoms with Crippen molar-refractivity contribution in [1.82, 2.24) is 0 Å². The molecule has 1 aliphatic carbocycles. The maximum atomic E-state index is 6.03. The van der Waals surface area contributed by atoms with Gasteiger partial charge in [-0.3, -0.25) is 0 Å². The van der Waals surface area contributed by atoms with Crippen LogP contribution in [0.3, 0.4) is 0 Å². The summed E-state index contributed by atoms with van der Waals surface area (Å²) in [4.78, 5) is 0. The Morgan fingerprint density at radius 3 is 2.59 bits per heavy atom. The monoisotopic (exact) mass is 232 g/mol. The summed E-state index contributed by atoms with van der Waals surface area (Å²) in [5.74, 6) is 0. The van der Waals surface area contributed by atoms with Gasteiger partial charge in [-0.2, -0.15) is 0 Å². The third-order valence-corrected chi connectivity index (χ3v) is 4.28. The molecule has 17 heavy (non-hydrogen) atoms. The number of rotatable bonds is 4. The van der Waals surface area contributed by atoms with E-state index in [9.17, 15) is 0 Å². The number of nitrogens with two attached hydrogens (primary N) is 1. The predicted molar refractivity (Wildman–Crippen MR) is 75.3 cm³/mol. The average molecular weight is 232 g/mol. The zero-order valence-corrected chi connectivity index (χ0v) is 11.1. The summed E-state index contributed by atoms with van der Waals surface area (Å²) in [6.07, 6.45) is 6.77. The molecular formula is C15H24N2. The van der Waals surface area contributed by atoms with Crippen molar-refractivity contribution in [3.05, 3.63) is 23.8 Å². The normalized spacial score (nSPS) is 18.2. The minimum absolute atomic E-state index is 0.511. The van der Waals surface area contributed by atoms with E-state index in [4.69, 9.17) is 5.73 Å². The van der Waals surface area contributed by atoms with E-state index in [1.54, 1.807) is 0 Å². The first-order valence-corrected chi connectivity index (χ1v) is 6.75. The lowest BCUT2D eigenvalue weighted by Crippen LogP contribution is -2.26. The number of nitrogens with one attached hydrogen (secondary N) is 1. The van der Waals surface area contributed by atoms with Gasteiger partial charge in [-0.05, 0) is 49.3 Å². The summed E-state index contributed by atoms with van der Waals surface area (Å²) in [5.41, 5.74) is 9.72. The number of nitrogen functional groups attached to an aromatic ring is 1. The molecular weight excluding hydrogens is 208 g/mol. The number of hydrogen-bond acceptors (Lipinski definition) is 2. The third kappa shape index (κ3) is 2.74. The van der Waals surface area contributed by atoms with Gasteiger partial charge < -0.3 is 11.1 Å². The van der Waals surface area contributed by atoms with Crippen molar-refractivity contribution in [2.24, 2.45) is 5.41 Å². The first-order valence-electron chi connectivity index (χ1n) is 6.75. The minimum Gasteiger partial charge on any atom is -0.397 e. The highest BCUT2D eigenvalue weighted by Gasteiger charge is 2.31. The maximum Gasteiger partial charge on any atom is 0.0574 e. The lowest BCUT2D eigenvalue weighted by Gasteiger charge is -2.28. The number of hydrogen-bond donors (Lipinski definition) is 2. The molecule has 0 unspecified atom stereocenters. The standard InChI is InChI=1S/C15H24N2/c1-3-15(8-4-5-9-15)11-17-14-7-6-12(2)10-13(14)16/h6-7,10,17H,3-5,8-9,11,16H2,1-2H3. The lowest BCUT2D eigenvalue weighted by atomic mass is 9.83. The smallest absolute Gasteiger partial charge is 0.0574 e. The Balaban J connectivity index is 2.01. The molecule has 2 nitrogen and oxygen atoms in total. The fourth-order valence-electron chi connectivity index (χ4n) is 2.91. The number of anilines is 2. The van der Waals surface area contributed by atoms with Crippen molar-refractivity contribution in [2.45, 2.75) is 46.0 Å². The van der Waals surface area contributed by atoms with Crippen LogP contribution < -0.4 is 11.1 Å². The van der Waals surface area contributed by atoms with Crippen LogP contribution >= 0.6 is 0 Å².